The molecule has 0 spiro atoms. The summed E-state index contributed by atoms with van der Waals surface area (Å²) in [5.74, 6) is -0.900. The maximum atomic E-state index is 10.7. The van der Waals surface area contributed by atoms with Crippen molar-refractivity contribution in [2.75, 3.05) is 0 Å². The third kappa shape index (κ3) is 1.70. The number of benzene rings is 1. The molecule has 0 atom stereocenters. The number of halogens is 2. The van der Waals surface area contributed by atoms with Gasteiger partial charge in [-0.05, 0) is 28.1 Å². The lowest BCUT2D eigenvalue weighted by molar-refractivity contribution is 0.0997. The SMILES string of the molecule is NC(=O)c1cc(Cl)cc(Br)c1O. The first-order valence-corrected chi connectivity index (χ1v) is 4.17. The molecule has 5 heteroatoms. The van der Waals surface area contributed by atoms with E-state index >= 15 is 0 Å². The predicted octanol–water partition coefficient (Wildman–Crippen LogP) is 1.91. The fourth-order valence-electron chi connectivity index (χ4n) is 0.754. The highest BCUT2D eigenvalue weighted by atomic mass is 79.9. The molecule has 0 unspecified atom stereocenters. The Balaban J connectivity index is 3.37. The highest BCUT2D eigenvalue weighted by Crippen LogP contribution is 2.30. The van der Waals surface area contributed by atoms with Gasteiger partial charge in [-0.1, -0.05) is 11.6 Å². The van der Waals surface area contributed by atoms with Gasteiger partial charge in [0.1, 0.15) is 5.75 Å². The van der Waals surface area contributed by atoms with Crippen LogP contribution < -0.4 is 5.73 Å². The number of primary amides is 1. The molecule has 64 valence electrons. The molecule has 3 nitrogen and oxygen atoms in total. The summed E-state index contributed by atoms with van der Waals surface area (Å²) in [6.45, 7) is 0. The second-order valence-corrected chi connectivity index (χ2v) is 3.44. The van der Waals surface area contributed by atoms with Crippen LogP contribution >= 0.6 is 27.5 Å². The van der Waals surface area contributed by atoms with Gasteiger partial charge in [0.05, 0.1) is 10.0 Å². The Bertz CT molecular complexity index is 340. The van der Waals surface area contributed by atoms with E-state index in [0.717, 1.165) is 0 Å². The van der Waals surface area contributed by atoms with Crippen LogP contribution in [0.2, 0.25) is 5.02 Å². The van der Waals surface area contributed by atoms with Crippen molar-refractivity contribution in [2.45, 2.75) is 0 Å². The number of rotatable bonds is 1. The molecule has 0 aromatic heterocycles. The molecule has 0 aliphatic rings. The minimum absolute atomic E-state index is 0.00868. The van der Waals surface area contributed by atoms with Crippen LogP contribution in [-0.4, -0.2) is 11.0 Å². The van der Waals surface area contributed by atoms with Crippen molar-refractivity contribution in [3.8, 4) is 5.75 Å². The number of carbonyl (C=O) groups is 1. The van der Waals surface area contributed by atoms with Gasteiger partial charge < -0.3 is 10.8 Å². The highest BCUT2D eigenvalue weighted by Gasteiger charge is 2.11. The number of hydrogen-bond acceptors (Lipinski definition) is 2. The summed E-state index contributed by atoms with van der Waals surface area (Å²) in [5, 5.41) is 9.63. The monoisotopic (exact) mass is 249 g/mol. The molecule has 0 aliphatic carbocycles. The van der Waals surface area contributed by atoms with Crippen molar-refractivity contribution in [1.82, 2.24) is 0 Å². The third-order valence-corrected chi connectivity index (χ3v) is 2.12. The molecule has 0 aliphatic heterocycles. The standard InChI is InChI=1S/C7H5BrClNO2/c8-5-2-3(9)1-4(6(5)11)7(10)12/h1-2,11H,(H2,10,12). The van der Waals surface area contributed by atoms with Crippen LogP contribution in [0.5, 0.6) is 5.75 Å². The van der Waals surface area contributed by atoms with E-state index < -0.39 is 5.91 Å². The van der Waals surface area contributed by atoms with Crippen molar-refractivity contribution >= 4 is 33.4 Å². The Morgan fingerprint density at radius 3 is 2.67 bits per heavy atom. The van der Waals surface area contributed by atoms with Crippen LogP contribution in [-0.2, 0) is 0 Å². The molecule has 0 saturated heterocycles. The van der Waals surface area contributed by atoms with Crippen LogP contribution in [0.15, 0.2) is 16.6 Å². The number of nitrogens with two attached hydrogens (primary N) is 1. The molecule has 12 heavy (non-hydrogen) atoms. The first-order chi connectivity index (χ1) is 5.52. The van der Waals surface area contributed by atoms with Crippen LogP contribution in [0.3, 0.4) is 0 Å². The van der Waals surface area contributed by atoms with E-state index in [1.807, 2.05) is 0 Å². The van der Waals surface area contributed by atoms with Crippen molar-refractivity contribution in [3.05, 3.63) is 27.2 Å². The lowest BCUT2D eigenvalue weighted by Crippen LogP contribution is -2.11. The van der Waals surface area contributed by atoms with E-state index in [2.05, 4.69) is 15.9 Å². The second-order valence-electron chi connectivity index (χ2n) is 2.15. The van der Waals surface area contributed by atoms with E-state index in [1.54, 1.807) is 0 Å². The Hall–Kier alpha value is -0.740. The van der Waals surface area contributed by atoms with Gasteiger partial charge in [-0.15, -0.1) is 0 Å². The zero-order valence-electron chi connectivity index (χ0n) is 5.84. The summed E-state index contributed by atoms with van der Waals surface area (Å²) in [6, 6.07) is 2.79. The summed E-state index contributed by atoms with van der Waals surface area (Å²) < 4.78 is 0.351. The van der Waals surface area contributed by atoms with Gasteiger partial charge in [-0.3, -0.25) is 4.79 Å². The zero-order valence-corrected chi connectivity index (χ0v) is 8.19. The van der Waals surface area contributed by atoms with E-state index in [-0.39, 0.29) is 11.3 Å². The average Bonchev–Trinajstić information content (AvgIpc) is 1.96. The topological polar surface area (TPSA) is 63.3 Å². The Labute approximate surface area is 82.3 Å². The quantitative estimate of drug-likeness (QED) is 0.800. The normalized spacial score (nSPS) is 9.83. The zero-order chi connectivity index (χ0) is 9.30. The van der Waals surface area contributed by atoms with Gasteiger partial charge in [-0.2, -0.15) is 0 Å². The predicted molar refractivity (Wildman–Crippen MR) is 49.3 cm³/mol. The summed E-state index contributed by atoms with van der Waals surface area (Å²) >= 11 is 8.64. The molecule has 3 N–H and O–H groups in total. The summed E-state index contributed by atoms with van der Waals surface area (Å²) in [7, 11) is 0. The third-order valence-electron chi connectivity index (χ3n) is 1.29. The van der Waals surface area contributed by atoms with Crippen molar-refractivity contribution in [1.29, 1.82) is 0 Å². The summed E-state index contributed by atoms with van der Waals surface area (Å²) in [6.07, 6.45) is 0. The first-order valence-electron chi connectivity index (χ1n) is 3.00. The molecule has 0 bridgehead atoms. The first kappa shape index (κ1) is 9.35. The van der Waals surface area contributed by atoms with Crippen molar-refractivity contribution in [2.24, 2.45) is 5.73 Å². The number of amides is 1. The molecular formula is C7H5BrClNO2. The summed E-state index contributed by atoms with van der Waals surface area (Å²) in [4.78, 5) is 10.7. The molecule has 1 rings (SSSR count). The molecule has 0 radical (unpaired) electrons. The minimum atomic E-state index is -0.712. The Morgan fingerprint density at radius 1 is 1.58 bits per heavy atom. The van der Waals surface area contributed by atoms with Gasteiger partial charge in [0.25, 0.3) is 5.91 Å². The lowest BCUT2D eigenvalue weighted by Gasteiger charge is -2.02. The maximum absolute atomic E-state index is 10.7. The molecular weight excluding hydrogens is 245 g/mol. The highest BCUT2D eigenvalue weighted by molar-refractivity contribution is 9.10. The van der Waals surface area contributed by atoms with Crippen LogP contribution in [0.1, 0.15) is 10.4 Å². The molecule has 0 fully saturated rings. The molecule has 0 saturated carbocycles. The van der Waals surface area contributed by atoms with Crippen molar-refractivity contribution < 1.29 is 9.90 Å². The maximum Gasteiger partial charge on any atom is 0.252 e. The number of aromatic hydroxyl groups is 1. The van der Waals surface area contributed by atoms with Gasteiger partial charge >= 0.3 is 0 Å². The summed E-state index contributed by atoms with van der Waals surface area (Å²) in [5.41, 5.74) is 4.98. The fraction of sp³-hybridized carbons (Fsp3) is 0. The average molecular weight is 250 g/mol. The second kappa shape index (κ2) is 3.33. The van der Waals surface area contributed by atoms with E-state index in [4.69, 9.17) is 17.3 Å². The number of carbonyl (C=O) groups excluding carboxylic acids is 1. The van der Waals surface area contributed by atoms with Crippen LogP contribution in [0, 0.1) is 0 Å². The molecule has 1 aromatic carbocycles. The number of phenols is 1. The van der Waals surface area contributed by atoms with Crippen LogP contribution in [0.25, 0.3) is 0 Å². The van der Waals surface area contributed by atoms with Gasteiger partial charge in [0.15, 0.2) is 0 Å². The van der Waals surface area contributed by atoms with Gasteiger partial charge in [0.2, 0.25) is 0 Å². The van der Waals surface area contributed by atoms with E-state index in [1.165, 1.54) is 12.1 Å². The van der Waals surface area contributed by atoms with Crippen LogP contribution in [0.4, 0.5) is 0 Å². The molecule has 1 amide bonds. The lowest BCUT2D eigenvalue weighted by atomic mass is 10.2. The van der Waals surface area contributed by atoms with Crippen molar-refractivity contribution in [3.63, 3.8) is 0 Å². The molecule has 0 heterocycles. The fourth-order valence-corrected chi connectivity index (χ4v) is 1.56. The smallest absolute Gasteiger partial charge is 0.252 e. The largest absolute Gasteiger partial charge is 0.506 e. The Morgan fingerprint density at radius 2 is 2.17 bits per heavy atom. The van der Waals surface area contributed by atoms with E-state index in [0.29, 0.717) is 9.50 Å². The molecule has 1 aromatic rings. The van der Waals surface area contributed by atoms with Gasteiger partial charge in [0, 0.05) is 5.02 Å². The van der Waals surface area contributed by atoms with E-state index in [9.17, 15) is 9.90 Å². The minimum Gasteiger partial charge on any atom is -0.506 e. The Kier molecular flexibility index (Phi) is 2.59. The number of hydrogen-bond donors (Lipinski definition) is 2. The van der Waals surface area contributed by atoms with Gasteiger partial charge in [-0.25, -0.2) is 0 Å².